The van der Waals surface area contributed by atoms with Gasteiger partial charge < -0.3 is 14.4 Å². The van der Waals surface area contributed by atoms with E-state index in [1.54, 1.807) is 6.92 Å². The number of unbranched alkanes of at least 4 members (excludes halogenated alkanes) is 2. The van der Waals surface area contributed by atoms with Gasteiger partial charge in [-0.05, 0) is 76.0 Å². The standard InChI is InChI=1S/C37H46N2O6/c1-4-5-20-39(33(43)14-10-9-13-31(42)26-11-7-6-8-12-26)29-17-16-28-30-22-27-15-18-32(44-25(3)41)35-34(27)37(28,36(29)45-35)19-21-38(30)23-24(2)40/h6-8,11-12,15,18,28-30,36H,4-5,9-10,13-14,16-17,19-23H2,1-3H3/t28-,29-,30+,36-,37-/m0/s1. The maximum absolute atomic E-state index is 14.0. The van der Waals surface area contributed by atoms with E-state index in [2.05, 4.69) is 22.8 Å². The molecule has 2 aromatic carbocycles. The van der Waals surface area contributed by atoms with Gasteiger partial charge >= 0.3 is 5.97 Å². The number of esters is 1. The van der Waals surface area contributed by atoms with Crippen LogP contribution in [0.15, 0.2) is 42.5 Å². The maximum atomic E-state index is 14.0. The summed E-state index contributed by atoms with van der Waals surface area (Å²) in [7, 11) is 0. The van der Waals surface area contributed by atoms with Crippen LogP contribution in [0.5, 0.6) is 11.5 Å². The summed E-state index contributed by atoms with van der Waals surface area (Å²) < 4.78 is 12.6. The number of likely N-dealkylation sites (tertiary alicyclic amines) is 1. The third-order valence-electron chi connectivity index (χ3n) is 10.7. The molecule has 5 atom stereocenters. The Hall–Kier alpha value is -3.52. The van der Waals surface area contributed by atoms with Gasteiger partial charge in [0.15, 0.2) is 17.3 Å². The predicted molar refractivity (Wildman–Crippen MR) is 171 cm³/mol. The molecular weight excluding hydrogens is 568 g/mol. The molecule has 8 heteroatoms. The molecule has 8 nitrogen and oxygen atoms in total. The Morgan fingerprint density at radius 2 is 1.78 bits per heavy atom. The molecule has 2 heterocycles. The highest BCUT2D eigenvalue weighted by Gasteiger charge is 2.66. The number of hydrogen-bond acceptors (Lipinski definition) is 7. The zero-order valence-corrected chi connectivity index (χ0v) is 26.9. The fraction of sp³-hybridized carbons (Fsp3) is 0.568. The topological polar surface area (TPSA) is 93.2 Å². The van der Waals surface area contributed by atoms with Crippen molar-refractivity contribution in [2.24, 2.45) is 5.92 Å². The molecule has 4 aliphatic rings. The summed E-state index contributed by atoms with van der Waals surface area (Å²) in [5, 5.41) is 0. The fourth-order valence-electron chi connectivity index (χ4n) is 8.90. The van der Waals surface area contributed by atoms with Crippen LogP contribution in [0.25, 0.3) is 0 Å². The van der Waals surface area contributed by atoms with E-state index in [1.165, 1.54) is 18.1 Å². The summed E-state index contributed by atoms with van der Waals surface area (Å²) >= 11 is 0. The summed E-state index contributed by atoms with van der Waals surface area (Å²) in [6, 6.07) is 13.4. The van der Waals surface area contributed by atoms with Crippen LogP contribution in [0.1, 0.15) is 100 Å². The number of Topliss-reactive ketones (excluding diaryl/α,β-unsaturated/α-hetero) is 2. The van der Waals surface area contributed by atoms with Crippen molar-refractivity contribution in [3.8, 4) is 11.5 Å². The molecule has 1 saturated heterocycles. The molecule has 45 heavy (non-hydrogen) atoms. The molecule has 1 spiro atoms. The number of ether oxygens (including phenoxy) is 2. The zero-order valence-electron chi connectivity index (χ0n) is 26.9. The first-order chi connectivity index (χ1) is 21.7. The van der Waals surface area contributed by atoms with Crippen LogP contribution >= 0.6 is 0 Å². The van der Waals surface area contributed by atoms with Crippen LogP contribution in [-0.2, 0) is 26.2 Å². The number of hydrogen-bond donors (Lipinski definition) is 0. The lowest BCUT2D eigenvalue weighted by Gasteiger charge is -2.60. The first-order valence-electron chi connectivity index (χ1n) is 16.9. The molecule has 0 unspecified atom stereocenters. The molecule has 0 aromatic heterocycles. The highest BCUT2D eigenvalue weighted by atomic mass is 16.6. The Labute approximate surface area is 266 Å². The number of benzene rings is 2. The van der Waals surface area contributed by atoms with Gasteiger partial charge in [0.1, 0.15) is 11.9 Å². The molecule has 2 bridgehead atoms. The van der Waals surface area contributed by atoms with Crippen LogP contribution in [0.2, 0.25) is 0 Å². The Morgan fingerprint density at radius 1 is 1.00 bits per heavy atom. The van der Waals surface area contributed by atoms with Gasteiger partial charge in [-0.25, -0.2) is 0 Å². The van der Waals surface area contributed by atoms with Gasteiger partial charge in [0.25, 0.3) is 0 Å². The minimum absolute atomic E-state index is 0.102. The highest BCUT2D eigenvalue weighted by Crippen LogP contribution is 2.64. The third kappa shape index (κ3) is 5.82. The molecule has 0 radical (unpaired) electrons. The minimum atomic E-state index is -0.384. The summed E-state index contributed by atoms with van der Waals surface area (Å²) in [6.45, 7) is 7.13. The van der Waals surface area contributed by atoms with E-state index in [4.69, 9.17) is 9.47 Å². The number of amides is 1. The Kier molecular flexibility index (Phi) is 9.14. The molecule has 1 saturated carbocycles. The molecule has 2 aliphatic heterocycles. The van der Waals surface area contributed by atoms with Crippen molar-refractivity contribution in [3.05, 3.63) is 59.2 Å². The molecule has 2 aliphatic carbocycles. The van der Waals surface area contributed by atoms with Gasteiger partial charge in [-0.1, -0.05) is 49.7 Å². The lowest BCUT2D eigenvalue weighted by atomic mass is 9.51. The Morgan fingerprint density at radius 3 is 2.51 bits per heavy atom. The normalized spacial score (nSPS) is 26.0. The van der Waals surface area contributed by atoms with E-state index in [9.17, 15) is 19.2 Å². The summed E-state index contributed by atoms with van der Waals surface area (Å²) in [4.78, 5) is 55.4. The monoisotopic (exact) mass is 614 g/mol. The van der Waals surface area contributed by atoms with Gasteiger partial charge in [-0.2, -0.15) is 0 Å². The van der Waals surface area contributed by atoms with E-state index < -0.39 is 0 Å². The first-order valence-corrected chi connectivity index (χ1v) is 16.9. The molecule has 6 rings (SSSR count). The van der Waals surface area contributed by atoms with Crippen LogP contribution < -0.4 is 9.47 Å². The van der Waals surface area contributed by atoms with E-state index in [0.717, 1.165) is 50.6 Å². The van der Waals surface area contributed by atoms with Gasteiger partial charge in [0, 0.05) is 48.9 Å². The van der Waals surface area contributed by atoms with Gasteiger partial charge in [0.05, 0.1) is 12.6 Å². The SMILES string of the molecule is CCCCN(C(=O)CCCCC(=O)c1ccccc1)[C@H]1CC[C@H]2[C@H]3Cc4ccc(OC(C)=O)c5c4[C@@]2(CCN3CC(C)=O)[C@H]1O5. The van der Waals surface area contributed by atoms with Crippen molar-refractivity contribution in [1.29, 1.82) is 0 Å². The number of nitrogens with zero attached hydrogens (tertiary/aromatic N) is 2. The van der Waals surface area contributed by atoms with Crippen LogP contribution in [0.4, 0.5) is 0 Å². The molecule has 240 valence electrons. The summed E-state index contributed by atoms with van der Waals surface area (Å²) in [5.41, 5.74) is 2.79. The smallest absolute Gasteiger partial charge is 0.308 e. The quantitative estimate of drug-likeness (QED) is 0.124. The van der Waals surface area contributed by atoms with E-state index >= 15 is 0 Å². The van der Waals surface area contributed by atoms with Gasteiger partial charge in [0.2, 0.25) is 5.91 Å². The number of rotatable bonds is 13. The largest absolute Gasteiger partial charge is 0.483 e. The predicted octanol–water partition coefficient (Wildman–Crippen LogP) is 5.68. The average molecular weight is 615 g/mol. The Balaban J connectivity index is 1.27. The van der Waals surface area contributed by atoms with E-state index in [-0.39, 0.29) is 47.0 Å². The molecule has 2 aromatic rings. The van der Waals surface area contributed by atoms with Crippen molar-refractivity contribution in [1.82, 2.24) is 9.80 Å². The molecule has 1 amide bonds. The number of carbonyl (C=O) groups is 4. The van der Waals surface area contributed by atoms with Crippen molar-refractivity contribution in [3.63, 3.8) is 0 Å². The summed E-state index contributed by atoms with van der Waals surface area (Å²) in [6.07, 6.45) is 7.25. The van der Waals surface area contributed by atoms with E-state index in [1.807, 2.05) is 36.4 Å². The average Bonchev–Trinajstić information content (AvgIpc) is 3.37. The minimum Gasteiger partial charge on any atom is -0.483 e. The molecular formula is C37H46N2O6. The van der Waals surface area contributed by atoms with Crippen molar-refractivity contribution in [2.45, 2.75) is 109 Å². The first kappa shape index (κ1) is 31.5. The number of ketones is 2. The lowest BCUT2D eigenvalue weighted by Crippen LogP contribution is -2.69. The summed E-state index contributed by atoms with van der Waals surface area (Å²) in [5.74, 6) is 1.45. The molecule has 2 fully saturated rings. The second kappa shape index (κ2) is 13.1. The highest BCUT2D eigenvalue weighted by molar-refractivity contribution is 5.96. The Bertz CT molecular complexity index is 1460. The molecule has 0 N–H and O–H groups in total. The van der Waals surface area contributed by atoms with Crippen LogP contribution in [-0.4, -0.2) is 71.1 Å². The second-order valence-corrected chi connectivity index (χ2v) is 13.5. The van der Waals surface area contributed by atoms with Crippen molar-refractivity contribution < 1.29 is 28.7 Å². The van der Waals surface area contributed by atoms with Crippen molar-refractivity contribution >= 4 is 23.4 Å². The number of piperidine rings is 1. The zero-order chi connectivity index (χ0) is 31.7. The van der Waals surface area contributed by atoms with E-state index in [0.29, 0.717) is 56.2 Å². The lowest BCUT2D eigenvalue weighted by molar-refractivity contribution is -0.143. The van der Waals surface area contributed by atoms with Crippen LogP contribution in [0.3, 0.4) is 0 Å². The fourth-order valence-corrected chi connectivity index (χ4v) is 8.90. The van der Waals surface area contributed by atoms with Crippen molar-refractivity contribution in [2.75, 3.05) is 19.6 Å². The second-order valence-electron chi connectivity index (χ2n) is 13.5. The number of carbonyl (C=O) groups excluding carboxylic acids is 4. The maximum Gasteiger partial charge on any atom is 0.308 e. The van der Waals surface area contributed by atoms with Gasteiger partial charge in [-0.15, -0.1) is 0 Å². The third-order valence-corrected chi connectivity index (χ3v) is 10.7. The van der Waals surface area contributed by atoms with Gasteiger partial charge in [-0.3, -0.25) is 24.1 Å². The van der Waals surface area contributed by atoms with Crippen LogP contribution in [0, 0.1) is 5.92 Å².